The summed E-state index contributed by atoms with van der Waals surface area (Å²) < 4.78 is 12.1. The van der Waals surface area contributed by atoms with Crippen LogP contribution in [0.4, 0.5) is 4.79 Å². The number of carbonyl (C=O) groups is 2. The molecule has 1 spiro atoms. The number of amides is 1. The van der Waals surface area contributed by atoms with E-state index in [9.17, 15) is 9.59 Å². The van der Waals surface area contributed by atoms with Gasteiger partial charge >= 0.3 is 12.1 Å². The van der Waals surface area contributed by atoms with Gasteiger partial charge in [-0.2, -0.15) is 0 Å². The molecule has 2 aliphatic heterocycles. The van der Waals surface area contributed by atoms with Crippen LogP contribution in [0.3, 0.4) is 0 Å². The standard InChI is InChI=1S/C17H21IN2O4/c1-10-12(18)9-11-13(19-10)17(23-14(11)21)5-7-20(8-6-17)15(22)24-16(2,3)4/h9H,5-8H2,1-4H3. The fourth-order valence-electron chi connectivity index (χ4n) is 3.08. The average molecular weight is 444 g/mol. The molecule has 0 radical (unpaired) electrons. The van der Waals surface area contributed by atoms with Gasteiger partial charge in [0.25, 0.3) is 0 Å². The zero-order chi connectivity index (χ0) is 17.7. The van der Waals surface area contributed by atoms with Crippen molar-refractivity contribution >= 4 is 34.7 Å². The summed E-state index contributed by atoms with van der Waals surface area (Å²) in [6, 6.07) is 1.84. The molecule has 1 amide bonds. The lowest BCUT2D eigenvalue weighted by Gasteiger charge is -2.38. The molecule has 0 unspecified atom stereocenters. The Labute approximate surface area is 155 Å². The van der Waals surface area contributed by atoms with E-state index in [1.54, 1.807) is 4.90 Å². The highest BCUT2D eigenvalue weighted by Crippen LogP contribution is 2.43. The number of likely N-dealkylation sites (tertiary alicyclic amines) is 1. The highest BCUT2D eigenvalue weighted by molar-refractivity contribution is 14.1. The Morgan fingerprint density at radius 1 is 1.38 bits per heavy atom. The Kier molecular flexibility index (Phi) is 4.26. The van der Waals surface area contributed by atoms with Crippen LogP contribution in [-0.4, -0.2) is 40.6 Å². The van der Waals surface area contributed by atoms with E-state index in [4.69, 9.17) is 9.47 Å². The van der Waals surface area contributed by atoms with Gasteiger partial charge in [-0.25, -0.2) is 9.59 Å². The largest absolute Gasteiger partial charge is 0.449 e. The van der Waals surface area contributed by atoms with Crippen LogP contribution in [-0.2, 0) is 15.1 Å². The van der Waals surface area contributed by atoms with Gasteiger partial charge in [0, 0.05) is 29.5 Å². The van der Waals surface area contributed by atoms with Crippen LogP contribution in [0, 0.1) is 10.5 Å². The fourth-order valence-corrected chi connectivity index (χ4v) is 3.51. The molecular formula is C17H21IN2O4. The van der Waals surface area contributed by atoms with Gasteiger partial charge in [0.15, 0.2) is 5.60 Å². The number of fused-ring (bicyclic) bond motifs is 2. The topological polar surface area (TPSA) is 68.7 Å². The number of halogens is 1. The third-order valence-corrected chi connectivity index (χ3v) is 5.41. The molecule has 1 aromatic rings. The summed E-state index contributed by atoms with van der Waals surface area (Å²) in [6.45, 7) is 8.43. The second-order valence-electron chi connectivity index (χ2n) is 7.30. The minimum Gasteiger partial charge on any atom is -0.449 e. The van der Waals surface area contributed by atoms with Crippen molar-refractivity contribution in [3.63, 3.8) is 0 Å². The van der Waals surface area contributed by atoms with E-state index in [0.29, 0.717) is 37.2 Å². The number of pyridine rings is 1. The highest BCUT2D eigenvalue weighted by atomic mass is 127. The van der Waals surface area contributed by atoms with E-state index in [2.05, 4.69) is 27.6 Å². The molecule has 1 saturated heterocycles. The first-order chi connectivity index (χ1) is 11.1. The van der Waals surface area contributed by atoms with Crippen molar-refractivity contribution in [2.75, 3.05) is 13.1 Å². The van der Waals surface area contributed by atoms with Gasteiger partial charge in [0.05, 0.1) is 17.0 Å². The molecule has 0 aromatic carbocycles. The van der Waals surface area contributed by atoms with Crippen LogP contribution in [0.15, 0.2) is 6.07 Å². The van der Waals surface area contributed by atoms with Crippen molar-refractivity contribution in [2.24, 2.45) is 0 Å². The third kappa shape index (κ3) is 3.10. The molecular weight excluding hydrogens is 423 g/mol. The van der Waals surface area contributed by atoms with E-state index in [1.807, 2.05) is 33.8 Å². The molecule has 1 aromatic heterocycles. The van der Waals surface area contributed by atoms with Gasteiger partial charge in [-0.05, 0) is 56.4 Å². The van der Waals surface area contributed by atoms with Crippen LogP contribution < -0.4 is 0 Å². The first-order valence-electron chi connectivity index (χ1n) is 8.00. The predicted octanol–water partition coefficient (Wildman–Crippen LogP) is 3.39. The predicted molar refractivity (Wildman–Crippen MR) is 95.8 cm³/mol. The van der Waals surface area contributed by atoms with Crippen LogP contribution >= 0.6 is 22.6 Å². The quantitative estimate of drug-likeness (QED) is 0.454. The van der Waals surface area contributed by atoms with Crippen molar-refractivity contribution in [1.29, 1.82) is 0 Å². The maximum Gasteiger partial charge on any atom is 0.410 e. The van der Waals surface area contributed by atoms with E-state index < -0.39 is 11.2 Å². The summed E-state index contributed by atoms with van der Waals surface area (Å²) in [4.78, 5) is 30.7. The van der Waals surface area contributed by atoms with Crippen LogP contribution in [0.5, 0.6) is 0 Å². The fraction of sp³-hybridized carbons (Fsp3) is 0.588. The highest BCUT2D eigenvalue weighted by Gasteiger charge is 2.50. The number of hydrogen-bond donors (Lipinski definition) is 0. The van der Waals surface area contributed by atoms with Gasteiger partial charge in [0.1, 0.15) is 5.60 Å². The number of aromatic nitrogens is 1. The molecule has 0 atom stereocenters. The van der Waals surface area contributed by atoms with Crippen molar-refractivity contribution in [3.8, 4) is 0 Å². The number of carbonyl (C=O) groups excluding carboxylic acids is 2. The molecule has 0 bridgehead atoms. The number of aryl methyl sites for hydroxylation is 1. The van der Waals surface area contributed by atoms with Gasteiger partial charge in [-0.15, -0.1) is 0 Å². The molecule has 3 rings (SSSR count). The van der Waals surface area contributed by atoms with Crippen LogP contribution in [0.25, 0.3) is 0 Å². The maximum atomic E-state index is 12.2. The van der Waals surface area contributed by atoms with E-state index in [0.717, 1.165) is 9.26 Å². The smallest absolute Gasteiger partial charge is 0.410 e. The van der Waals surface area contributed by atoms with Crippen molar-refractivity contribution in [1.82, 2.24) is 9.88 Å². The summed E-state index contributed by atoms with van der Waals surface area (Å²) in [5, 5.41) is 0. The number of hydrogen-bond acceptors (Lipinski definition) is 5. The van der Waals surface area contributed by atoms with Gasteiger partial charge in [-0.1, -0.05) is 0 Å². The SMILES string of the molecule is Cc1nc2c(cc1I)C(=O)OC21CCN(C(=O)OC(C)(C)C)CC1. The molecule has 2 aliphatic rings. The molecule has 1 fully saturated rings. The number of rotatable bonds is 0. The van der Waals surface area contributed by atoms with Gasteiger partial charge in [0.2, 0.25) is 0 Å². The summed E-state index contributed by atoms with van der Waals surface area (Å²) in [6.07, 6.45) is 0.754. The lowest BCUT2D eigenvalue weighted by molar-refractivity contribution is -0.0488. The number of nitrogens with zero attached hydrogens (tertiary/aromatic N) is 2. The number of ether oxygens (including phenoxy) is 2. The van der Waals surface area contributed by atoms with Crippen molar-refractivity contribution < 1.29 is 19.1 Å². The summed E-state index contributed by atoms with van der Waals surface area (Å²) in [7, 11) is 0. The zero-order valence-corrected chi connectivity index (χ0v) is 16.5. The Hall–Kier alpha value is -1.38. The number of esters is 1. The molecule has 0 aliphatic carbocycles. The minimum atomic E-state index is -0.708. The molecule has 0 saturated carbocycles. The lowest BCUT2D eigenvalue weighted by Crippen LogP contribution is -2.47. The second-order valence-corrected chi connectivity index (χ2v) is 8.47. The van der Waals surface area contributed by atoms with Crippen molar-refractivity contribution in [2.45, 2.75) is 51.7 Å². The van der Waals surface area contributed by atoms with Crippen molar-refractivity contribution in [3.05, 3.63) is 26.6 Å². The Morgan fingerprint density at radius 3 is 2.58 bits per heavy atom. The Morgan fingerprint density at radius 2 is 2.00 bits per heavy atom. The summed E-state index contributed by atoms with van der Waals surface area (Å²) in [5.41, 5.74) is 0.931. The van der Waals surface area contributed by atoms with Gasteiger partial charge < -0.3 is 14.4 Å². The summed E-state index contributed by atoms with van der Waals surface area (Å²) in [5.74, 6) is -0.318. The minimum absolute atomic E-state index is 0.318. The first kappa shape index (κ1) is 17.4. The van der Waals surface area contributed by atoms with E-state index in [1.165, 1.54) is 0 Å². The maximum absolute atomic E-state index is 12.2. The lowest BCUT2D eigenvalue weighted by atomic mass is 9.87. The van der Waals surface area contributed by atoms with Crippen LogP contribution in [0.2, 0.25) is 0 Å². The molecule has 24 heavy (non-hydrogen) atoms. The summed E-state index contributed by atoms with van der Waals surface area (Å²) >= 11 is 2.17. The third-order valence-electron chi connectivity index (χ3n) is 4.31. The zero-order valence-electron chi connectivity index (χ0n) is 14.3. The van der Waals surface area contributed by atoms with Gasteiger partial charge in [-0.3, -0.25) is 4.98 Å². The average Bonchev–Trinajstić information content (AvgIpc) is 2.71. The molecule has 7 heteroatoms. The Bertz CT molecular complexity index is 703. The monoisotopic (exact) mass is 444 g/mol. The van der Waals surface area contributed by atoms with E-state index in [-0.39, 0.29) is 12.1 Å². The second kappa shape index (κ2) is 5.86. The molecule has 130 valence electrons. The van der Waals surface area contributed by atoms with E-state index >= 15 is 0 Å². The first-order valence-corrected chi connectivity index (χ1v) is 9.08. The Balaban J connectivity index is 1.79. The molecule has 6 nitrogen and oxygen atoms in total. The van der Waals surface area contributed by atoms with Crippen LogP contribution in [0.1, 0.15) is 55.4 Å². The number of piperidine rings is 1. The molecule has 0 N–H and O–H groups in total. The normalized spacial score (nSPS) is 19.2. The molecule has 3 heterocycles.